The second-order valence-corrected chi connectivity index (χ2v) is 6.02. The Balaban J connectivity index is 1.89. The van der Waals surface area contributed by atoms with E-state index in [2.05, 4.69) is 24.1 Å². The molecule has 120 valence electrons. The van der Waals surface area contributed by atoms with Gasteiger partial charge in [0.05, 0.1) is 4.92 Å². The van der Waals surface area contributed by atoms with Gasteiger partial charge in [0, 0.05) is 38.1 Å². The van der Waals surface area contributed by atoms with Gasteiger partial charge in [0.15, 0.2) is 0 Å². The predicted octanol–water partition coefficient (Wildman–Crippen LogP) is 3.59. The molecule has 0 bridgehead atoms. The monoisotopic (exact) mass is 312 g/mol. The highest BCUT2D eigenvalue weighted by atomic mass is 16.6. The normalized spacial score (nSPS) is 17.6. The Kier molecular flexibility index (Phi) is 4.30. The van der Waals surface area contributed by atoms with Gasteiger partial charge < -0.3 is 9.64 Å². The van der Waals surface area contributed by atoms with Crippen molar-refractivity contribution in [3.8, 4) is 5.75 Å². The molecule has 0 atom stereocenters. The molecule has 1 aliphatic rings. The summed E-state index contributed by atoms with van der Waals surface area (Å²) in [6.07, 6.45) is 1.79. The zero-order valence-electron chi connectivity index (χ0n) is 13.1. The summed E-state index contributed by atoms with van der Waals surface area (Å²) in [7, 11) is 2.11. The minimum Gasteiger partial charge on any atom is -0.482 e. The molecule has 0 aliphatic carbocycles. The van der Waals surface area contributed by atoms with Crippen LogP contribution in [0.2, 0.25) is 0 Å². The number of nitrogens with zero attached hydrogens (tertiary/aromatic N) is 2. The summed E-state index contributed by atoms with van der Waals surface area (Å²) in [5.74, 6) is 0.670. The van der Waals surface area contributed by atoms with Crippen LogP contribution in [0.3, 0.4) is 0 Å². The maximum absolute atomic E-state index is 10.8. The van der Waals surface area contributed by atoms with Crippen molar-refractivity contribution >= 4 is 5.69 Å². The van der Waals surface area contributed by atoms with E-state index in [1.165, 1.54) is 12.1 Å². The summed E-state index contributed by atoms with van der Waals surface area (Å²) in [6.45, 7) is 1.92. The van der Waals surface area contributed by atoms with Gasteiger partial charge in [0.2, 0.25) is 0 Å². The summed E-state index contributed by atoms with van der Waals surface area (Å²) >= 11 is 0. The van der Waals surface area contributed by atoms with Gasteiger partial charge >= 0.3 is 0 Å². The lowest BCUT2D eigenvalue weighted by atomic mass is 9.84. The van der Waals surface area contributed by atoms with Crippen LogP contribution in [0.5, 0.6) is 5.75 Å². The molecule has 3 rings (SSSR count). The number of ether oxygens (including phenoxy) is 1. The van der Waals surface area contributed by atoms with Crippen LogP contribution in [-0.2, 0) is 5.60 Å². The zero-order valence-corrected chi connectivity index (χ0v) is 13.1. The number of benzene rings is 2. The molecule has 2 aromatic carbocycles. The average Bonchev–Trinajstić information content (AvgIpc) is 2.58. The fourth-order valence-electron chi connectivity index (χ4n) is 3.03. The van der Waals surface area contributed by atoms with E-state index in [4.69, 9.17) is 4.74 Å². The number of hydrogen-bond acceptors (Lipinski definition) is 4. The molecule has 0 radical (unpaired) electrons. The van der Waals surface area contributed by atoms with Crippen LogP contribution in [0.1, 0.15) is 18.4 Å². The molecule has 5 nitrogen and oxygen atoms in total. The number of hydrogen-bond donors (Lipinski definition) is 0. The Morgan fingerprint density at radius 1 is 1.04 bits per heavy atom. The van der Waals surface area contributed by atoms with Crippen molar-refractivity contribution in [2.24, 2.45) is 0 Å². The van der Waals surface area contributed by atoms with Gasteiger partial charge in [-0.15, -0.1) is 0 Å². The van der Waals surface area contributed by atoms with E-state index in [0.717, 1.165) is 31.5 Å². The number of rotatable bonds is 4. The van der Waals surface area contributed by atoms with Crippen LogP contribution in [-0.4, -0.2) is 30.0 Å². The molecule has 1 fully saturated rings. The lowest BCUT2D eigenvalue weighted by Gasteiger charge is -2.41. The smallest absolute Gasteiger partial charge is 0.269 e. The van der Waals surface area contributed by atoms with Crippen molar-refractivity contribution in [3.63, 3.8) is 0 Å². The Morgan fingerprint density at radius 2 is 1.65 bits per heavy atom. The average molecular weight is 312 g/mol. The molecule has 0 unspecified atom stereocenters. The second kappa shape index (κ2) is 6.38. The third-order valence-electron chi connectivity index (χ3n) is 4.46. The van der Waals surface area contributed by atoms with Gasteiger partial charge in [-0.05, 0) is 24.7 Å². The first-order valence-electron chi connectivity index (χ1n) is 7.77. The summed E-state index contributed by atoms with van der Waals surface area (Å²) in [6, 6.07) is 16.6. The second-order valence-electron chi connectivity index (χ2n) is 6.02. The molecule has 1 heterocycles. The summed E-state index contributed by atoms with van der Waals surface area (Å²) in [4.78, 5) is 12.7. The zero-order chi connectivity index (χ0) is 16.3. The molecule has 0 N–H and O–H groups in total. The Bertz CT molecular complexity index is 662. The molecule has 23 heavy (non-hydrogen) atoms. The van der Waals surface area contributed by atoms with Crippen molar-refractivity contribution in [2.75, 3.05) is 20.1 Å². The van der Waals surface area contributed by atoms with Gasteiger partial charge in [-0.1, -0.05) is 30.3 Å². The lowest BCUT2D eigenvalue weighted by molar-refractivity contribution is -0.384. The highest BCUT2D eigenvalue weighted by Crippen LogP contribution is 2.37. The third-order valence-corrected chi connectivity index (χ3v) is 4.46. The minimum atomic E-state index is -0.397. The van der Waals surface area contributed by atoms with Crippen LogP contribution in [0.15, 0.2) is 54.6 Å². The van der Waals surface area contributed by atoms with Gasteiger partial charge in [0.1, 0.15) is 11.4 Å². The first kappa shape index (κ1) is 15.5. The fraction of sp³-hybridized carbons (Fsp3) is 0.333. The van der Waals surface area contributed by atoms with Crippen LogP contribution < -0.4 is 4.74 Å². The molecule has 2 aromatic rings. The highest BCUT2D eigenvalue weighted by molar-refractivity contribution is 5.37. The van der Waals surface area contributed by atoms with E-state index in [1.807, 2.05) is 18.2 Å². The van der Waals surface area contributed by atoms with E-state index < -0.39 is 4.92 Å². The van der Waals surface area contributed by atoms with E-state index in [-0.39, 0.29) is 11.3 Å². The summed E-state index contributed by atoms with van der Waals surface area (Å²) < 4.78 is 6.36. The highest BCUT2D eigenvalue weighted by Gasteiger charge is 2.37. The van der Waals surface area contributed by atoms with Crippen LogP contribution >= 0.6 is 0 Å². The molecule has 1 saturated heterocycles. The SMILES string of the molecule is CN1CCC(Oc2ccc([N+](=O)[O-])cc2)(c2ccccc2)CC1. The molecular weight excluding hydrogens is 292 g/mol. The first-order chi connectivity index (χ1) is 11.1. The van der Waals surface area contributed by atoms with E-state index in [0.29, 0.717) is 5.75 Å². The van der Waals surface area contributed by atoms with Gasteiger partial charge in [-0.2, -0.15) is 0 Å². The van der Waals surface area contributed by atoms with Crippen molar-refractivity contribution in [1.29, 1.82) is 0 Å². The van der Waals surface area contributed by atoms with E-state index in [9.17, 15) is 10.1 Å². The molecule has 0 saturated carbocycles. The quantitative estimate of drug-likeness (QED) is 0.639. The number of piperidine rings is 1. The Labute approximate surface area is 135 Å². The Hall–Kier alpha value is -2.40. The molecular formula is C18H20N2O3. The molecule has 1 aliphatic heterocycles. The standard InChI is InChI=1S/C18H20N2O3/c1-19-13-11-18(12-14-19,15-5-3-2-4-6-15)23-17-9-7-16(8-10-17)20(21)22/h2-10H,11-14H2,1H3. The Morgan fingerprint density at radius 3 is 2.22 bits per heavy atom. The fourth-order valence-corrected chi connectivity index (χ4v) is 3.03. The van der Waals surface area contributed by atoms with E-state index >= 15 is 0 Å². The molecule has 0 aromatic heterocycles. The molecule has 5 heteroatoms. The number of non-ortho nitro benzene ring substituents is 1. The van der Waals surface area contributed by atoms with Crippen molar-refractivity contribution in [2.45, 2.75) is 18.4 Å². The van der Waals surface area contributed by atoms with Crippen molar-refractivity contribution < 1.29 is 9.66 Å². The minimum absolute atomic E-state index is 0.0782. The molecule has 0 spiro atoms. The predicted molar refractivity (Wildman–Crippen MR) is 88.6 cm³/mol. The van der Waals surface area contributed by atoms with Crippen LogP contribution in [0.25, 0.3) is 0 Å². The van der Waals surface area contributed by atoms with Crippen molar-refractivity contribution in [1.82, 2.24) is 4.90 Å². The van der Waals surface area contributed by atoms with Gasteiger partial charge in [-0.25, -0.2) is 0 Å². The maximum atomic E-state index is 10.8. The van der Waals surface area contributed by atoms with Crippen LogP contribution in [0.4, 0.5) is 5.69 Å². The first-order valence-corrected chi connectivity index (χ1v) is 7.77. The maximum Gasteiger partial charge on any atom is 0.269 e. The summed E-state index contributed by atoms with van der Waals surface area (Å²) in [5, 5.41) is 10.8. The molecule has 0 amide bonds. The van der Waals surface area contributed by atoms with Crippen LogP contribution in [0, 0.1) is 10.1 Å². The summed E-state index contributed by atoms with van der Waals surface area (Å²) in [5.41, 5.74) is 0.866. The van der Waals surface area contributed by atoms with Gasteiger partial charge in [-0.3, -0.25) is 10.1 Å². The number of nitro groups is 1. The third kappa shape index (κ3) is 3.35. The van der Waals surface area contributed by atoms with Gasteiger partial charge in [0.25, 0.3) is 5.69 Å². The lowest BCUT2D eigenvalue weighted by Crippen LogP contribution is -2.44. The topological polar surface area (TPSA) is 55.6 Å². The van der Waals surface area contributed by atoms with E-state index in [1.54, 1.807) is 12.1 Å². The largest absolute Gasteiger partial charge is 0.482 e. The number of nitro benzene ring substituents is 1. The number of likely N-dealkylation sites (tertiary alicyclic amines) is 1. The van der Waals surface area contributed by atoms with Crippen molar-refractivity contribution in [3.05, 3.63) is 70.3 Å².